The van der Waals surface area contributed by atoms with Crippen LogP contribution >= 0.6 is 0 Å². The van der Waals surface area contributed by atoms with E-state index in [9.17, 15) is 0 Å². The number of nitrogens with one attached hydrogen (secondary N) is 2. The van der Waals surface area contributed by atoms with Gasteiger partial charge in [0, 0.05) is 43.7 Å². The van der Waals surface area contributed by atoms with Gasteiger partial charge in [-0.05, 0) is 51.5 Å². The van der Waals surface area contributed by atoms with Crippen LogP contribution in [0, 0.1) is 0 Å². The minimum absolute atomic E-state index is 0.356. The Morgan fingerprint density at radius 1 is 1.00 bits per heavy atom. The molecule has 1 fully saturated rings. The Labute approximate surface area is 208 Å². The van der Waals surface area contributed by atoms with Gasteiger partial charge in [-0.2, -0.15) is 4.98 Å². The minimum atomic E-state index is 0.356. The molecule has 3 aromatic rings. The van der Waals surface area contributed by atoms with Crippen LogP contribution in [0.5, 0.6) is 11.5 Å². The van der Waals surface area contributed by atoms with Gasteiger partial charge in [0.05, 0.1) is 19.7 Å². The number of anilines is 2. The number of piperidine rings is 1. The smallest absolute Gasteiger partial charge is 0.225 e. The summed E-state index contributed by atoms with van der Waals surface area (Å²) in [7, 11) is 7.47. The van der Waals surface area contributed by atoms with E-state index in [0.29, 0.717) is 23.5 Å². The number of fused-ring (bicyclic) bond motifs is 1. The summed E-state index contributed by atoms with van der Waals surface area (Å²) in [6.45, 7) is 4.94. The quantitative estimate of drug-likeness (QED) is 0.399. The summed E-state index contributed by atoms with van der Waals surface area (Å²) in [6.07, 6.45) is 3.15. The number of aromatic nitrogens is 2. The number of rotatable bonds is 11. The van der Waals surface area contributed by atoms with E-state index < -0.39 is 0 Å². The molecule has 35 heavy (non-hydrogen) atoms. The molecule has 0 bridgehead atoms. The maximum Gasteiger partial charge on any atom is 0.225 e. The first-order chi connectivity index (χ1) is 17.1. The normalized spacial score (nSPS) is 14.9. The van der Waals surface area contributed by atoms with Gasteiger partial charge in [0.1, 0.15) is 5.82 Å². The Bertz CT molecular complexity index is 1080. The van der Waals surface area contributed by atoms with E-state index in [4.69, 9.17) is 19.4 Å². The third kappa shape index (κ3) is 6.74. The molecule has 0 saturated carbocycles. The lowest BCUT2D eigenvalue weighted by Crippen LogP contribution is -2.38. The monoisotopic (exact) mass is 478 g/mol. The van der Waals surface area contributed by atoms with Gasteiger partial charge in [-0.1, -0.05) is 30.3 Å². The average molecular weight is 479 g/mol. The van der Waals surface area contributed by atoms with E-state index >= 15 is 0 Å². The van der Waals surface area contributed by atoms with E-state index in [1.54, 1.807) is 14.2 Å². The third-order valence-corrected chi connectivity index (χ3v) is 6.44. The summed E-state index contributed by atoms with van der Waals surface area (Å²) in [5.41, 5.74) is 2.20. The lowest BCUT2D eigenvalue weighted by Gasteiger charge is -2.33. The van der Waals surface area contributed by atoms with Gasteiger partial charge in [0.15, 0.2) is 11.5 Å². The molecule has 8 nitrogen and oxygen atoms in total. The molecule has 2 N–H and O–H groups in total. The number of nitrogens with zero attached hydrogens (tertiary/aromatic N) is 4. The largest absolute Gasteiger partial charge is 0.493 e. The fourth-order valence-corrected chi connectivity index (χ4v) is 4.51. The van der Waals surface area contributed by atoms with Gasteiger partial charge in [-0.3, -0.25) is 4.90 Å². The van der Waals surface area contributed by atoms with Crippen molar-refractivity contribution in [2.24, 2.45) is 0 Å². The molecule has 0 atom stereocenters. The molecular formula is C27H38N6O2. The molecule has 0 radical (unpaired) electrons. The summed E-state index contributed by atoms with van der Waals surface area (Å²) >= 11 is 0. The second kappa shape index (κ2) is 12.0. The van der Waals surface area contributed by atoms with E-state index in [1.807, 2.05) is 12.1 Å². The second-order valence-electron chi connectivity index (χ2n) is 9.38. The van der Waals surface area contributed by atoms with Crippen molar-refractivity contribution in [2.45, 2.75) is 31.8 Å². The van der Waals surface area contributed by atoms with Crippen LogP contribution < -0.4 is 20.1 Å². The van der Waals surface area contributed by atoms with Crippen LogP contribution in [0.2, 0.25) is 0 Å². The lowest BCUT2D eigenvalue weighted by molar-refractivity contribution is 0.211. The molecule has 188 valence electrons. The van der Waals surface area contributed by atoms with Crippen molar-refractivity contribution >= 4 is 22.7 Å². The fourth-order valence-electron chi connectivity index (χ4n) is 4.51. The Morgan fingerprint density at radius 3 is 2.40 bits per heavy atom. The number of hydrogen-bond acceptors (Lipinski definition) is 8. The molecule has 8 heteroatoms. The molecule has 0 unspecified atom stereocenters. The second-order valence-corrected chi connectivity index (χ2v) is 9.38. The highest BCUT2D eigenvalue weighted by atomic mass is 16.5. The first kappa shape index (κ1) is 25.0. The standard InChI is InChI=1S/C27H38N6O2/c1-32(2)14-8-13-28-27-30-23-18-25(35-4)24(34-3)17-22(23)26(31-27)29-21-11-15-33(16-12-21)19-20-9-6-5-7-10-20/h5-7,9-10,17-18,21H,8,11-16,19H2,1-4H3,(H2,28,29,30,31). The minimum Gasteiger partial charge on any atom is -0.493 e. The average Bonchev–Trinajstić information content (AvgIpc) is 2.87. The van der Waals surface area contributed by atoms with Gasteiger partial charge in [-0.25, -0.2) is 4.98 Å². The number of benzene rings is 2. The highest BCUT2D eigenvalue weighted by Gasteiger charge is 2.21. The van der Waals surface area contributed by atoms with Crippen molar-refractivity contribution in [3.8, 4) is 11.5 Å². The van der Waals surface area contributed by atoms with Gasteiger partial charge < -0.3 is 25.0 Å². The van der Waals surface area contributed by atoms with Crippen LogP contribution in [0.4, 0.5) is 11.8 Å². The van der Waals surface area contributed by atoms with Crippen LogP contribution in [-0.2, 0) is 6.54 Å². The molecule has 2 heterocycles. The van der Waals surface area contributed by atoms with Crippen molar-refractivity contribution in [2.75, 3.05) is 65.1 Å². The number of methoxy groups -OCH3 is 2. The Kier molecular flexibility index (Phi) is 8.60. The molecular weight excluding hydrogens is 440 g/mol. The van der Waals surface area contributed by atoms with Crippen LogP contribution in [0.1, 0.15) is 24.8 Å². The van der Waals surface area contributed by atoms with E-state index in [0.717, 1.165) is 68.7 Å². The van der Waals surface area contributed by atoms with Crippen LogP contribution in [0.3, 0.4) is 0 Å². The Balaban J connectivity index is 1.49. The van der Waals surface area contributed by atoms with Gasteiger partial charge in [0.2, 0.25) is 5.95 Å². The van der Waals surface area contributed by atoms with Gasteiger partial charge in [0.25, 0.3) is 0 Å². The van der Waals surface area contributed by atoms with Crippen molar-refractivity contribution in [1.29, 1.82) is 0 Å². The predicted molar refractivity (Wildman–Crippen MR) is 143 cm³/mol. The Morgan fingerprint density at radius 2 is 1.71 bits per heavy atom. The predicted octanol–water partition coefficient (Wildman–Crippen LogP) is 4.09. The summed E-state index contributed by atoms with van der Waals surface area (Å²) < 4.78 is 11.1. The summed E-state index contributed by atoms with van der Waals surface area (Å²) in [5.74, 6) is 2.81. The Hall–Kier alpha value is -3.10. The van der Waals surface area contributed by atoms with Crippen molar-refractivity contribution in [3.05, 3.63) is 48.0 Å². The maximum absolute atomic E-state index is 5.56. The van der Waals surface area contributed by atoms with Gasteiger partial charge in [-0.15, -0.1) is 0 Å². The number of likely N-dealkylation sites (tertiary alicyclic amines) is 1. The molecule has 0 amide bonds. The summed E-state index contributed by atoms with van der Waals surface area (Å²) in [6, 6.07) is 14.9. The topological polar surface area (TPSA) is 74.8 Å². The third-order valence-electron chi connectivity index (χ3n) is 6.44. The van der Waals surface area contributed by atoms with E-state index in [2.05, 4.69) is 64.9 Å². The van der Waals surface area contributed by atoms with Crippen LogP contribution in [-0.4, -0.2) is 80.3 Å². The molecule has 2 aromatic carbocycles. The highest BCUT2D eigenvalue weighted by molar-refractivity contribution is 5.92. The highest BCUT2D eigenvalue weighted by Crippen LogP contribution is 2.35. The molecule has 1 aliphatic rings. The van der Waals surface area contributed by atoms with Crippen molar-refractivity contribution in [3.63, 3.8) is 0 Å². The number of ether oxygens (including phenoxy) is 2. The fraction of sp³-hybridized carbons (Fsp3) is 0.481. The number of hydrogen-bond donors (Lipinski definition) is 2. The first-order valence-corrected chi connectivity index (χ1v) is 12.4. The zero-order chi connectivity index (χ0) is 24.6. The van der Waals surface area contributed by atoms with Gasteiger partial charge >= 0.3 is 0 Å². The molecule has 0 spiro atoms. The van der Waals surface area contributed by atoms with E-state index in [-0.39, 0.29) is 0 Å². The molecule has 1 aromatic heterocycles. The zero-order valence-electron chi connectivity index (χ0n) is 21.4. The van der Waals surface area contributed by atoms with Crippen molar-refractivity contribution < 1.29 is 9.47 Å². The molecule has 4 rings (SSSR count). The SMILES string of the molecule is COc1cc2nc(NCCCN(C)C)nc(NC3CCN(Cc4ccccc4)CC3)c2cc1OC. The zero-order valence-corrected chi connectivity index (χ0v) is 21.4. The maximum atomic E-state index is 5.56. The molecule has 0 aliphatic carbocycles. The molecule has 1 aliphatic heterocycles. The van der Waals surface area contributed by atoms with E-state index in [1.165, 1.54) is 5.56 Å². The summed E-state index contributed by atoms with van der Waals surface area (Å²) in [5, 5.41) is 8.06. The van der Waals surface area contributed by atoms with Crippen LogP contribution in [0.15, 0.2) is 42.5 Å². The van der Waals surface area contributed by atoms with Crippen molar-refractivity contribution in [1.82, 2.24) is 19.8 Å². The lowest BCUT2D eigenvalue weighted by atomic mass is 10.0. The summed E-state index contributed by atoms with van der Waals surface area (Å²) in [4.78, 5) is 14.3. The molecule has 1 saturated heterocycles. The van der Waals surface area contributed by atoms with Crippen LogP contribution in [0.25, 0.3) is 10.9 Å². The first-order valence-electron chi connectivity index (χ1n) is 12.4.